The number of carbonyl (C=O) groups excluding carboxylic acids is 2. The lowest BCUT2D eigenvalue weighted by molar-refractivity contribution is 0.0954. The first kappa shape index (κ1) is 19.3. The number of hydrogen-bond acceptors (Lipinski definition) is 3. The molecule has 28 heavy (non-hydrogen) atoms. The molecule has 0 unspecified atom stereocenters. The van der Waals surface area contributed by atoms with E-state index in [-0.39, 0.29) is 11.7 Å². The topological polar surface area (TPSA) is 70.6 Å². The fourth-order valence-corrected chi connectivity index (χ4v) is 2.51. The SMILES string of the molecule is O=C(N/N=C\c1ccc(F)cc1)c1ccc(NC(=O)c2cccc(Cl)c2)cc1. The lowest BCUT2D eigenvalue weighted by atomic mass is 10.1. The number of anilines is 1. The van der Waals surface area contributed by atoms with Gasteiger partial charge in [-0.1, -0.05) is 29.8 Å². The van der Waals surface area contributed by atoms with E-state index in [1.807, 2.05) is 0 Å². The predicted octanol–water partition coefficient (Wildman–Crippen LogP) is 4.50. The summed E-state index contributed by atoms with van der Waals surface area (Å²) in [4.78, 5) is 24.3. The highest BCUT2D eigenvalue weighted by molar-refractivity contribution is 6.31. The van der Waals surface area contributed by atoms with E-state index in [2.05, 4.69) is 15.8 Å². The Labute approximate surface area is 165 Å². The van der Waals surface area contributed by atoms with Gasteiger partial charge in [-0.25, -0.2) is 9.82 Å². The van der Waals surface area contributed by atoms with Gasteiger partial charge in [0.1, 0.15) is 5.82 Å². The molecule has 0 fully saturated rings. The van der Waals surface area contributed by atoms with Crippen LogP contribution in [0.4, 0.5) is 10.1 Å². The Bertz CT molecular complexity index is 1020. The van der Waals surface area contributed by atoms with Crippen molar-refractivity contribution in [2.24, 2.45) is 5.10 Å². The average Bonchev–Trinajstić information content (AvgIpc) is 2.70. The van der Waals surface area contributed by atoms with Crippen LogP contribution in [0.25, 0.3) is 0 Å². The maximum Gasteiger partial charge on any atom is 0.271 e. The van der Waals surface area contributed by atoms with Crippen LogP contribution in [0.2, 0.25) is 5.02 Å². The molecule has 2 amide bonds. The highest BCUT2D eigenvalue weighted by Crippen LogP contribution is 2.14. The Morgan fingerprint density at radius 1 is 0.893 bits per heavy atom. The average molecular weight is 396 g/mol. The second-order valence-corrected chi connectivity index (χ2v) is 6.23. The summed E-state index contributed by atoms with van der Waals surface area (Å²) in [6.07, 6.45) is 1.41. The molecule has 3 aromatic rings. The van der Waals surface area contributed by atoms with E-state index >= 15 is 0 Å². The number of nitrogens with one attached hydrogen (secondary N) is 2. The Balaban J connectivity index is 1.58. The summed E-state index contributed by atoms with van der Waals surface area (Å²) in [6.45, 7) is 0. The molecule has 2 N–H and O–H groups in total. The molecule has 0 aliphatic heterocycles. The minimum atomic E-state index is -0.411. The van der Waals surface area contributed by atoms with Crippen molar-refractivity contribution in [3.63, 3.8) is 0 Å². The van der Waals surface area contributed by atoms with Gasteiger partial charge in [-0.05, 0) is 60.2 Å². The number of halogens is 2. The van der Waals surface area contributed by atoms with Gasteiger partial charge in [-0.2, -0.15) is 5.10 Å². The zero-order valence-corrected chi connectivity index (χ0v) is 15.3. The van der Waals surface area contributed by atoms with Crippen molar-refractivity contribution >= 4 is 35.3 Å². The first-order valence-electron chi connectivity index (χ1n) is 8.27. The third kappa shape index (κ3) is 5.25. The fraction of sp³-hybridized carbons (Fsp3) is 0. The molecular formula is C21H15ClFN3O2. The standard InChI is InChI=1S/C21H15ClFN3O2/c22-17-3-1-2-16(12-17)20(27)25-19-10-6-15(7-11-19)21(28)26-24-13-14-4-8-18(23)9-5-14/h1-13H,(H,25,27)(H,26,28)/b24-13-. The molecule has 0 aliphatic rings. The molecule has 5 nitrogen and oxygen atoms in total. The Kier molecular flexibility index (Phi) is 6.14. The number of benzene rings is 3. The van der Waals surface area contributed by atoms with Crippen LogP contribution in [0, 0.1) is 5.82 Å². The van der Waals surface area contributed by atoms with Gasteiger partial charge in [0.05, 0.1) is 6.21 Å². The molecular weight excluding hydrogens is 381 g/mol. The monoisotopic (exact) mass is 395 g/mol. The van der Waals surface area contributed by atoms with Gasteiger partial charge in [-0.3, -0.25) is 9.59 Å². The van der Waals surface area contributed by atoms with Crippen molar-refractivity contribution < 1.29 is 14.0 Å². The van der Waals surface area contributed by atoms with E-state index in [9.17, 15) is 14.0 Å². The summed E-state index contributed by atoms with van der Waals surface area (Å²) in [5.41, 5.74) is 4.39. The molecule has 0 saturated heterocycles. The van der Waals surface area contributed by atoms with Crippen molar-refractivity contribution in [3.8, 4) is 0 Å². The summed E-state index contributed by atoms with van der Waals surface area (Å²) >= 11 is 5.88. The highest BCUT2D eigenvalue weighted by Gasteiger charge is 2.08. The maximum absolute atomic E-state index is 12.8. The smallest absolute Gasteiger partial charge is 0.271 e. The Morgan fingerprint density at radius 2 is 1.61 bits per heavy atom. The van der Waals surface area contributed by atoms with E-state index in [4.69, 9.17) is 11.6 Å². The number of rotatable bonds is 5. The molecule has 7 heteroatoms. The van der Waals surface area contributed by atoms with Crippen LogP contribution in [0.5, 0.6) is 0 Å². The van der Waals surface area contributed by atoms with Gasteiger partial charge in [0.15, 0.2) is 0 Å². The Morgan fingerprint density at radius 3 is 2.29 bits per heavy atom. The lowest BCUT2D eigenvalue weighted by Crippen LogP contribution is -2.17. The lowest BCUT2D eigenvalue weighted by Gasteiger charge is -2.06. The molecule has 3 rings (SSSR count). The Hall–Kier alpha value is -3.51. The van der Waals surface area contributed by atoms with Crippen LogP contribution in [-0.4, -0.2) is 18.0 Å². The molecule has 140 valence electrons. The van der Waals surface area contributed by atoms with Crippen LogP contribution in [0.3, 0.4) is 0 Å². The van der Waals surface area contributed by atoms with Crippen LogP contribution in [-0.2, 0) is 0 Å². The van der Waals surface area contributed by atoms with Gasteiger partial charge in [0.25, 0.3) is 11.8 Å². The minimum absolute atomic E-state index is 0.302. The highest BCUT2D eigenvalue weighted by atomic mass is 35.5. The van der Waals surface area contributed by atoms with Gasteiger partial charge in [0, 0.05) is 21.8 Å². The number of hydrazone groups is 1. The van der Waals surface area contributed by atoms with Crippen molar-refractivity contribution in [2.45, 2.75) is 0 Å². The van der Waals surface area contributed by atoms with Crippen molar-refractivity contribution in [1.29, 1.82) is 0 Å². The summed E-state index contributed by atoms with van der Waals surface area (Å²) in [5.74, 6) is -1.06. The molecule has 0 saturated carbocycles. The normalized spacial score (nSPS) is 10.6. The largest absolute Gasteiger partial charge is 0.322 e. The summed E-state index contributed by atoms with van der Waals surface area (Å²) in [6, 6.07) is 18.7. The second-order valence-electron chi connectivity index (χ2n) is 5.79. The number of amides is 2. The van der Waals surface area contributed by atoms with Crippen molar-refractivity contribution in [3.05, 3.63) is 100 Å². The van der Waals surface area contributed by atoms with Crippen LogP contribution in [0.1, 0.15) is 26.3 Å². The third-order valence-corrected chi connectivity index (χ3v) is 3.98. The third-order valence-electron chi connectivity index (χ3n) is 3.74. The van der Waals surface area contributed by atoms with E-state index < -0.39 is 5.91 Å². The number of carbonyl (C=O) groups is 2. The van der Waals surface area contributed by atoms with Crippen LogP contribution in [0.15, 0.2) is 77.9 Å². The van der Waals surface area contributed by atoms with Gasteiger partial charge in [-0.15, -0.1) is 0 Å². The van der Waals surface area contributed by atoms with Crippen LogP contribution < -0.4 is 10.7 Å². The summed E-state index contributed by atoms with van der Waals surface area (Å²) in [7, 11) is 0. The van der Waals surface area contributed by atoms with Gasteiger partial charge < -0.3 is 5.32 Å². The van der Waals surface area contributed by atoms with E-state index in [0.29, 0.717) is 27.4 Å². The maximum atomic E-state index is 12.8. The molecule has 0 spiro atoms. The first-order valence-corrected chi connectivity index (χ1v) is 8.65. The molecule has 0 radical (unpaired) electrons. The van der Waals surface area contributed by atoms with E-state index in [0.717, 1.165) is 0 Å². The van der Waals surface area contributed by atoms with Crippen molar-refractivity contribution in [1.82, 2.24) is 5.43 Å². The first-order chi connectivity index (χ1) is 13.5. The van der Waals surface area contributed by atoms with Gasteiger partial charge >= 0.3 is 0 Å². The van der Waals surface area contributed by atoms with E-state index in [1.165, 1.54) is 18.3 Å². The molecule has 0 heterocycles. The molecule has 0 bridgehead atoms. The van der Waals surface area contributed by atoms with Crippen LogP contribution >= 0.6 is 11.6 Å². The summed E-state index contributed by atoms with van der Waals surface area (Å²) in [5, 5.41) is 7.04. The molecule has 3 aromatic carbocycles. The predicted molar refractivity (Wildman–Crippen MR) is 107 cm³/mol. The minimum Gasteiger partial charge on any atom is -0.322 e. The zero-order chi connectivity index (χ0) is 19.9. The fourth-order valence-electron chi connectivity index (χ4n) is 2.32. The second kappa shape index (κ2) is 8.92. The van der Waals surface area contributed by atoms with Gasteiger partial charge in [0.2, 0.25) is 0 Å². The molecule has 0 atom stereocenters. The quantitative estimate of drug-likeness (QED) is 0.493. The number of hydrogen-bond donors (Lipinski definition) is 2. The number of nitrogens with zero attached hydrogens (tertiary/aromatic N) is 1. The van der Waals surface area contributed by atoms with E-state index in [1.54, 1.807) is 60.7 Å². The molecule has 0 aromatic heterocycles. The molecule has 0 aliphatic carbocycles. The van der Waals surface area contributed by atoms with Crippen molar-refractivity contribution in [2.75, 3.05) is 5.32 Å². The summed E-state index contributed by atoms with van der Waals surface area (Å²) < 4.78 is 12.8. The zero-order valence-electron chi connectivity index (χ0n) is 14.5.